The van der Waals surface area contributed by atoms with Crippen LogP contribution < -0.4 is 5.32 Å². The molecule has 0 radical (unpaired) electrons. The molecule has 0 aromatic heterocycles. The number of amides is 1. The fourth-order valence-electron chi connectivity index (χ4n) is 2.69. The minimum absolute atomic E-state index is 0.112. The van der Waals surface area contributed by atoms with Gasteiger partial charge >= 0.3 is 0 Å². The first-order valence-electron chi connectivity index (χ1n) is 7.57. The first-order valence-corrected chi connectivity index (χ1v) is 7.57. The minimum Gasteiger partial charge on any atom is -0.351 e. The van der Waals surface area contributed by atoms with Gasteiger partial charge in [-0.2, -0.15) is 0 Å². The van der Waals surface area contributed by atoms with Crippen molar-refractivity contribution in [3.05, 3.63) is 41.7 Å². The molecule has 0 saturated heterocycles. The molecular formula is C17H23FN2O. The highest BCUT2D eigenvalue weighted by Gasteiger charge is 2.18. The fraction of sp³-hybridized carbons (Fsp3) is 0.471. The van der Waals surface area contributed by atoms with Crippen LogP contribution in [0.1, 0.15) is 31.2 Å². The van der Waals surface area contributed by atoms with E-state index in [1.165, 1.54) is 43.9 Å². The molecule has 1 fully saturated rings. The third kappa shape index (κ3) is 5.31. The number of hydrogen-bond acceptors (Lipinski definition) is 2. The van der Waals surface area contributed by atoms with E-state index in [9.17, 15) is 9.18 Å². The summed E-state index contributed by atoms with van der Waals surface area (Å²) in [7, 11) is 2.12. The zero-order valence-corrected chi connectivity index (χ0v) is 12.5. The Balaban J connectivity index is 1.68. The Hall–Kier alpha value is -1.68. The molecule has 114 valence electrons. The molecule has 21 heavy (non-hydrogen) atoms. The van der Waals surface area contributed by atoms with Crippen LogP contribution in [0.15, 0.2) is 30.3 Å². The van der Waals surface area contributed by atoms with E-state index in [4.69, 9.17) is 0 Å². The molecule has 2 rings (SSSR count). The molecule has 1 N–H and O–H groups in total. The molecule has 1 aromatic rings. The van der Waals surface area contributed by atoms with Crippen molar-refractivity contribution in [2.24, 2.45) is 0 Å². The molecule has 0 unspecified atom stereocenters. The Labute approximate surface area is 125 Å². The van der Waals surface area contributed by atoms with E-state index in [1.54, 1.807) is 18.2 Å². The summed E-state index contributed by atoms with van der Waals surface area (Å²) in [5.41, 5.74) is 0.814. The topological polar surface area (TPSA) is 32.3 Å². The average molecular weight is 290 g/mol. The SMILES string of the molecule is CN(CCNC(=O)/C=C/c1ccc(F)cc1)C1CCCC1. The van der Waals surface area contributed by atoms with Crippen LogP contribution in [0.4, 0.5) is 4.39 Å². The van der Waals surface area contributed by atoms with Crippen molar-refractivity contribution >= 4 is 12.0 Å². The van der Waals surface area contributed by atoms with Crippen molar-refractivity contribution in [2.45, 2.75) is 31.7 Å². The minimum atomic E-state index is -0.272. The lowest BCUT2D eigenvalue weighted by Crippen LogP contribution is -2.36. The summed E-state index contributed by atoms with van der Waals surface area (Å²) >= 11 is 0. The number of nitrogens with zero attached hydrogens (tertiary/aromatic N) is 1. The van der Waals surface area contributed by atoms with Gasteiger partial charge in [0.15, 0.2) is 0 Å². The number of benzene rings is 1. The second-order valence-electron chi connectivity index (χ2n) is 5.59. The summed E-state index contributed by atoms with van der Waals surface area (Å²) in [6.45, 7) is 1.53. The van der Waals surface area contributed by atoms with Crippen LogP contribution in [-0.2, 0) is 4.79 Å². The highest BCUT2D eigenvalue weighted by atomic mass is 19.1. The van der Waals surface area contributed by atoms with Gasteiger partial charge in [-0.05, 0) is 43.7 Å². The summed E-state index contributed by atoms with van der Waals surface area (Å²) in [5.74, 6) is -0.384. The first-order chi connectivity index (χ1) is 10.1. The van der Waals surface area contributed by atoms with Crippen molar-refractivity contribution in [3.63, 3.8) is 0 Å². The predicted molar refractivity (Wildman–Crippen MR) is 83.3 cm³/mol. The number of carbonyl (C=O) groups excluding carboxylic acids is 1. The number of halogens is 1. The molecule has 1 aliphatic rings. The van der Waals surface area contributed by atoms with Crippen LogP contribution in [0, 0.1) is 5.82 Å². The van der Waals surface area contributed by atoms with Gasteiger partial charge in [0.2, 0.25) is 5.91 Å². The summed E-state index contributed by atoms with van der Waals surface area (Å²) in [4.78, 5) is 14.0. The maximum atomic E-state index is 12.7. The van der Waals surface area contributed by atoms with Crippen LogP contribution in [-0.4, -0.2) is 37.0 Å². The van der Waals surface area contributed by atoms with Gasteiger partial charge in [0.1, 0.15) is 5.82 Å². The highest BCUT2D eigenvalue weighted by molar-refractivity contribution is 5.91. The fourth-order valence-corrected chi connectivity index (χ4v) is 2.69. The second kappa shape index (κ2) is 7.93. The Bertz CT molecular complexity index is 478. The molecule has 0 bridgehead atoms. The molecule has 1 aliphatic carbocycles. The van der Waals surface area contributed by atoms with Gasteiger partial charge in [0.05, 0.1) is 0 Å². The van der Waals surface area contributed by atoms with Gasteiger partial charge in [0.25, 0.3) is 0 Å². The highest BCUT2D eigenvalue weighted by Crippen LogP contribution is 2.21. The summed E-state index contributed by atoms with van der Waals surface area (Å²) in [5, 5.41) is 2.88. The molecule has 0 aliphatic heterocycles. The van der Waals surface area contributed by atoms with Crippen LogP contribution in [0.25, 0.3) is 6.08 Å². The number of rotatable bonds is 6. The normalized spacial score (nSPS) is 16.0. The number of likely N-dealkylation sites (N-methyl/N-ethyl adjacent to an activating group) is 1. The molecule has 1 aromatic carbocycles. The van der Waals surface area contributed by atoms with E-state index in [1.807, 2.05) is 0 Å². The smallest absolute Gasteiger partial charge is 0.244 e. The van der Waals surface area contributed by atoms with Crippen LogP contribution in [0.2, 0.25) is 0 Å². The second-order valence-corrected chi connectivity index (χ2v) is 5.59. The lowest BCUT2D eigenvalue weighted by molar-refractivity contribution is -0.116. The van der Waals surface area contributed by atoms with Crippen molar-refractivity contribution in [3.8, 4) is 0 Å². The molecular weight excluding hydrogens is 267 g/mol. The third-order valence-electron chi connectivity index (χ3n) is 4.01. The Kier molecular flexibility index (Phi) is 5.93. The monoisotopic (exact) mass is 290 g/mol. The number of carbonyl (C=O) groups is 1. The van der Waals surface area contributed by atoms with Crippen LogP contribution >= 0.6 is 0 Å². The van der Waals surface area contributed by atoms with E-state index in [0.29, 0.717) is 12.6 Å². The van der Waals surface area contributed by atoms with Gasteiger partial charge in [-0.15, -0.1) is 0 Å². The largest absolute Gasteiger partial charge is 0.351 e. The van der Waals surface area contributed by atoms with Gasteiger partial charge in [-0.25, -0.2) is 4.39 Å². The van der Waals surface area contributed by atoms with E-state index in [0.717, 1.165) is 12.1 Å². The first kappa shape index (κ1) is 15.7. The molecule has 0 spiro atoms. The number of hydrogen-bond donors (Lipinski definition) is 1. The zero-order valence-electron chi connectivity index (χ0n) is 12.5. The predicted octanol–water partition coefficient (Wildman–Crippen LogP) is 2.83. The van der Waals surface area contributed by atoms with Gasteiger partial charge in [0, 0.05) is 25.2 Å². The van der Waals surface area contributed by atoms with Gasteiger partial charge < -0.3 is 10.2 Å². The molecule has 1 saturated carbocycles. The Morgan fingerprint density at radius 3 is 2.67 bits per heavy atom. The van der Waals surface area contributed by atoms with E-state index >= 15 is 0 Å². The summed E-state index contributed by atoms with van der Waals surface area (Å²) in [6.07, 6.45) is 8.37. The van der Waals surface area contributed by atoms with Crippen molar-refractivity contribution in [1.29, 1.82) is 0 Å². The van der Waals surface area contributed by atoms with E-state index in [2.05, 4.69) is 17.3 Å². The molecule has 3 nitrogen and oxygen atoms in total. The average Bonchev–Trinajstić information content (AvgIpc) is 3.01. The molecule has 1 amide bonds. The van der Waals surface area contributed by atoms with Gasteiger partial charge in [-0.3, -0.25) is 4.79 Å². The third-order valence-corrected chi connectivity index (χ3v) is 4.01. The van der Waals surface area contributed by atoms with Crippen molar-refractivity contribution in [1.82, 2.24) is 10.2 Å². The lowest BCUT2D eigenvalue weighted by atomic mass is 10.2. The molecule has 0 heterocycles. The zero-order chi connectivity index (χ0) is 15.1. The van der Waals surface area contributed by atoms with E-state index < -0.39 is 0 Å². The maximum Gasteiger partial charge on any atom is 0.244 e. The number of nitrogens with one attached hydrogen (secondary N) is 1. The maximum absolute atomic E-state index is 12.7. The summed E-state index contributed by atoms with van der Waals surface area (Å²) < 4.78 is 12.7. The summed E-state index contributed by atoms with van der Waals surface area (Å²) in [6, 6.07) is 6.74. The van der Waals surface area contributed by atoms with E-state index in [-0.39, 0.29) is 11.7 Å². The Morgan fingerprint density at radius 1 is 1.33 bits per heavy atom. The lowest BCUT2D eigenvalue weighted by Gasteiger charge is -2.23. The quantitative estimate of drug-likeness (QED) is 0.817. The van der Waals surface area contributed by atoms with Gasteiger partial charge in [-0.1, -0.05) is 25.0 Å². The van der Waals surface area contributed by atoms with Crippen molar-refractivity contribution in [2.75, 3.05) is 20.1 Å². The Morgan fingerprint density at radius 2 is 2.00 bits per heavy atom. The van der Waals surface area contributed by atoms with Crippen molar-refractivity contribution < 1.29 is 9.18 Å². The molecule has 4 heteroatoms. The van der Waals surface area contributed by atoms with Crippen LogP contribution in [0.3, 0.4) is 0 Å². The standard InChI is InChI=1S/C17H23FN2O/c1-20(16-4-2-3-5-16)13-12-19-17(21)11-8-14-6-9-15(18)10-7-14/h6-11,16H,2-5,12-13H2,1H3,(H,19,21)/b11-8+. The van der Waals surface area contributed by atoms with Crippen LogP contribution in [0.5, 0.6) is 0 Å². The molecule has 0 atom stereocenters.